The quantitative estimate of drug-likeness (QED) is 0.203. The molecule has 0 spiro atoms. The molecule has 2 aliphatic heterocycles. The van der Waals surface area contributed by atoms with Gasteiger partial charge in [-0.2, -0.15) is 26.3 Å². The summed E-state index contributed by atoms with van der Waals surface area (Å²) in [5, 5.41) is 9.85. The number of hydrogen-bond donors (Lipinski definition) is 2. The fourth-order valence-electron chi connectivity index (χ4n) is 4.22. The Balaban J connectivity index is 1.69. The highest BCUT2D eigenvalue weighted by Gasteiger charge is 2.37. The van der Waals surface area contributed by atoms with Crippen molar-refractivity contribution in [3.63, 3.8) is 0 Å². The first kappa shape index (κ1) is 32.7. The molecule has 8 nitrogen and oxygen atoms in total. The molecule has 2 aliphatic rings. The third kappa shape index (κ3) is 8.69. The van der Waals surface area contributed by atoms with Gasteiger partial charge in [0.1, 0.15) is 12.4 Å². The molecular formula is C27H25F6N3O5S2. The Labute approximate surface area is 251 Å². The maximum absolute atomic E-state index is 13.5. The Morgan fingerprint density at radius 2 is 1.70 bits per heavy atom. The molecule has 232 valence electrons. The predicted octanol–water partition coefficient (Wildman–Crippen LogP) is 5.28. The van der Waals surface area contributed by atoms with Crippen molar-refractivity contribution in [1.29, 1.82) is 0 Å². The molecule has 16 heteroatoms. The van der Waals surface area contributed by atoms with Crippen LogP contribution in [0.25, 0.3) is 17.2 Å². The van der Waals surface area contributed by atoms with Crippen LogP contribution in [0.1, 0.15) is 23.1 Å². The minimum absolute atomic E-state index is 0.0263. The first-order valence-corrected chi connectivity index (χ1v) is 14.0. The molecule has 2 fully saturated rings. The maximum atomic E-state index is 13.5. The molecule has 2 heterocycles. The highest BCUT2D eigenvalue weighted by molar-refractivity contribution is 8.26. The molecule has 0 radical (unpaired) electrons. The van der Waals surface area contributed by atoms with Gasteiger partial charge in [0.05, 0.1) is 35.7 Å². The number of amides is 1. The Kier molecular flexibility index (Phi) is 10.4. The van der Waals surface area contributed by atoms with E-state index in [1.54, 1.807) is 0 Å². The number of carbonyl (C=O) groups excluding carboxylic acids is 1. The van der Waals surface area contributed by atoms with Crippen LogP contribution in [0.5, 0.6) is 5.75 Å². The Hall–Kier alpha value is -3.18. The number of rotatable bonds is 10. The van der Waals surface area contributed by atoms with Gasteiger partial charge in [-0.05, 0) is 47.5 Å². The number of morpholine rings is 1. The summed E-state index contributed by atoms with van der Waals surface area (Å²) in [5.41, 5.74) is -0.377. The molecular weight excluding hydrogens is 624 g/mol. The van der Waals surface area contributed by atoms with Gasteiger partial charge < -0.3 is 14.6 Å². The molecule has 0 aliphatic carbocycles. The molecule has 0 unspecified atom stereocenters. The van der Waals surface area contributed by atoms with Gasteiger partial charge in [0.15, 0.2) is 4.32 Å². The van der Waals surface area contributed by atoms with Gasteiger partial charge in [-0.25, -0.2) is 10.4 Å². The van der Waals surface area contributed by atoms with Crippen LogP contribution in [-0.4, -0.2) is 77.2 Å². The van der Waals surface area contributed by atoms with Crippen molar-refractivity contribution < 1.29 is 50.5 Å². The lowest BCUT2D eigenvalue weighted by atomic mass is 9.97. The topological polar surface area (TPSA) is 91.3 Å². The Morgan fingerprint density at radius 1 is 1.05 bits per heavy atom. The minimum Gasteiger partial charge on any atom is -0.492 e. The summed E-state index contributed by atoms with van der Waals surface area (Å²) in [4.78, 5) is 26.0. The average Bonchev–Trinajstić information content (AvgIpc) is 3.20. The van der Waals surface area contributed by atoms with E-state index in [0.29, 0.717) is 45.0 Å². The summed E-state index contributed by atoms with van der Waals surface area (Å²) in [5.74, 6) is -1.46. The largest absolute Gasteiger partial charge is 0.492 e. The zero-order valence-electron chi connectivity index (χ0n) is 22.3. The zero-order chi connectivity index (χ0) is 31.4. The van der Waals surface area contributed by atoms with Crippen LogP contribution in [-0.2, 0) is 26.7 Å². The van der Waals surface area contributed by atoms with Crippen molar-refractivity contribution in [2.45, 2.75) is 18.8 Å². The number of hydrogen-bond acceptors (Lipinski definition) is 8. The number of aliphatic carboxylic acids is 1. The number of thiocarbonyl (C=S) groups is 1. The summed E-state index contributed by atoms with van der Waals surface area (Å²) in [7, 11) is 0. The molecule has 1 amide bonds. The summed E-state index contributed by atoms with van der Waals surface area (Å²) in [6, 6.07) is 5.40. The van der Waals surface area contributed by atoms with Gasteiger partial charge in [0.25, 0.3) is 5.91 Å². The van der Waals surface area contributed by atoms with Gasteiger partial charge in [-0.3, -0.25) is 14.5 Å². The number of alkyl halides is 6. The van der Waals surface area contributed by atoms with Crippen LogP contribution in [0.3, 0.4) is 0 Å². The number of halogens is 6. The lowest BCUT2D eigenvalue weighted by Gasteiger charge is -2.26. The van der Waals surface area contributed by atoms with Crippen LogP contribution in [0.4, 0.5) is 26.3 Å². The van der Waals surface area contributed by atoms with E-state index in [1.807, 2.05) is 0 Å². The number of thioether (sulfide) groups is 1. The second-order valence-corrected chi connectivity index (χ2v) is 11.1. The molecule has 0 bridgehead atoms. The van der Waals surface area contributed by atoms with E-state index in [2.05, 4.69) is 10.3 Å². The number of benzene rings is 2. The van der Waals surface area contributed by atoms with E-state index in [9.17, 15) is 35.9 Å². The van der Waals surface area contributed by atoms with Gasteiger partial charge in [0, 0.05) is 31.7 Å². The van der Waals surface area contributed by atoms with Crippen LogP contribution >= 0.6 is 24.0 Å². The number of nitrogens with zero attached hydrogens (tertiary/aromatic N) is 2. The molecule has 2 aromatic carbocycles. The maximum Gasteiger partial charge on any atom is 0.416 e. The lowest BCUT2D eigenvalue weighted by molar-refractivity contribution is -0.143. The van der Waals surface area contributed by atoms with Crippen LogP contribution in [0.15, 0.2) is 41.3 Å². The zero-order valence-corrected chi connectivity index (χ0v) is 23.9. The van der Waals surface area contributed by atoms with Crippen LogP contribution in [0, 0.1) is 0 Å². The molecule has 4 rings (SSSR count). The fraction of sp³-hybridized carbons (Fsp3) is 0.370. The van der Waals surface area contributed by atoms with E-state index in [-0.39, 0.29) is 57.3 Å². The number of hydrazine groups is 1. The van der Waals surface area contributed by atoms with Gasteiger partial charge >= 0.3 is 18.3 Å². The number of carbonyl (C=O) groups is 2. The fourth-order valence-corrected chi connectivity index (χ4v) is 5.43. The van der Waals surface area contributed by atoms with Crippen molar-refractivity contribution >= 4 is 46.3 Å². The highest BCUT2D eigenvalue weighted by Crippen LogP contribution is 2.40. The SMILES string of the molecule is O=C(O)CCNN1C(=O)C(=Cc2cc(-c3cc(C(F)(F)F)cc(C(F)(F)F)c3)ccc2OCCN2CCOCC2)SC1=S. The van der Waals surface area contributed by atoms with Crippen molar-refractivity contribution in [2.24, 2.45) is 0 Å². The van der Waals surface area contributed by atoms with E-state index in [0.717, 1.165) is 16.8 Å². The summed E-state index contributed by atoms with van der Waals surface area (Å²) in [6.45, 7) is 3.19. The lowest BCUT2D eigenvalue weighted by Crippen LogP contribution is -2.42. The van der Waals surface area contributed by atoms with Crippen LogP contribution in [0.2, 0.25) is 0 Å². The summed E-state index contributed by atoms with van der Waals surface area (Å²) >= 11 is 6.11. The number of nitrogens with one attached hydrogen (secondary N) is 1. The average molecular weight is 650 g/mol. The standard InChI is InChI=1S/C27H25F6N3O5S2/c28-26(29,30)19-12-17(13-20(15-19)27(31,32)33)16-1-2-21(41-10-7-35-5-8-40-9-6-35)18(11-16)14-22-24(39)36(25(42)43-22)34-4-3-23(37)38/h1-2,11-15,34H,3-10H2,(H,37,38). The Morgan fingerprint density at radius 3 is 2.30 bits per heavy atom. The van der Waals surface area contributed by atoms with Crippen molar-refractivity contribution in [3.8, 4) is 16.9 Å². The van der Waals surface area contributed by atoms with Crippen molar-refractivity contribution in [3.05, 3.63) is 58.0 Å². The summed E-state index contributed by atoms with van der Waals surface area (Å²) in [6.07, 6.45) is -8.95. The molecule has 0 saturated carbocycles. The third-order valence-electron chi connectivity index (χ3n) is 6.39. The highest BCUT2D eigenvalue weighted by atomic mass is 32.2. The van der Waals surface area contributed by atoms with Gasteiger partial charge in [-0.1, -0.05) is 30.0 Å². The number of ether oxygens (including phenoxy) is 2. The van der Waals surface area contributed by atoms with E-state index in [1.165, 1.54) is 24.3 Å². The smallest absolute Gasteiger partial charge is 0.416 e. The van der Waals surface area contributed by atoms with E-state index < -0.39 is 35.4 Å². The van der Waals surface area contributed by atoms with Gasteiger partial charge in [0.2, 0.25) is 0 Å². The Bertz CT molecular complexity index is 1380. The first-order valence-electron chi connectivity index (χ1n) is 12.8. The third-order valence-corrected chi connectivity index (χ3v) is 7.69. The van der Waals surface area contributed by atoms with E-state index >= 15 is 0 Å². The normalized spacial score (nSPS) is 17.6. The first-order chi connectivity index (χ1) is 20.2. The van der Waals surface area contributed by atoms with E-state index in [4.69, 9.17) is 26.8 Å². The monoisotopic (exact) mass is 649 g/mol. The molecule has 2 aromatic rings. The molecule has 2 saturated heterocycles. The molecule has 0 atom stereocenters. The predicted molar refractivity (Wildman–Crippen MR) is 150 cm³/mol. The van der Waals surface area contributed by atoms with Gasteiger partial charge in [-0.15, -0.1) is 0 Å². The second-order valence-electron chi connectivity index (χ2n) is 9.42. The minimum atomic E-state index is -5.02. The number of carboxylic acid groups (broad SMARTS) is 1. The molecule has 0 aromatic heterocycles. The summed E-state index contributed by atoms with van der Waals surface area (Å²) < 4.78 is 92.4. The molecule has 2 N–H and O–H groups in total. The molecule has 43 heavy (non-hydrogen) atoms. The number of carboxylic acids is 1. The van der Waals surface area contributed by atoms with Crippen molar-refractivity contribution in [2.75, 3.05) is 46.0 Å². The second kappa shape index (κ2) is 13.6. The van der Waals surface area contributed by atoms with Crippen molar-refractivity contribution in [1.82, 2.24) is 15.3 Å². The van der Waals surface area contributed by atoms with Crippen LogP contribution < -0.4 is 10.2 Å².